The Morgan fingerprint density at radius 1 is 1.16 bits per heavy atom. The van der Waals surface area contributed by atoms with Crippen LogP contribution in [0.1, 0.15) is 18.5 Å². The SMILES string of the molecule is C[C@@H](NC(=O)CSc1nnc(-c2ccccc2)o1)c1ccc(Cl)cc1. The molecule has 0 aliphatic carbocycles. The van der Waals surface area contributed by atoms with E-state index in [0.717, 1.165) is 11.1 Å². The van der Waals surface area contributed by atoms with Gasteiger partial charge in [-0.05, 0) is 36.8 Å². The topological polar surface area (TPSA) is 68.0 Å². The first-order chi connectivity index (χ1) is 12.1. The van der Waals surface area contributed by atoms with Crippen molar-refractivity contribution in [3.63, 3.8) is 0 Å². The predicted octanol–water partition coefficient (Wildman–Crippen LogP) is 4.36. The van der Waals surface area contributed by atoms with Crippen LogP contribution in [0, 0.1) is 0 Å². The third kappa shape index (κ3) is 4.84. The molecule has 0 aliphatic heterocycles. The molecule has 1 aromatic heterocycles. The van der Waals surface area contributed by atoms with E-state index in [1.165, 1.54) is 11.8 Å². The third-order valence-corrected chi connectivity index (χ3v) is 4.57. The summed E-state index contributed by atoms with van der Waals surface area (Å²) in [6, 6.07) is 16.8. The monoisotopic (exact) mass is 373 g/mol. The summed E-state index contributed by atoms with van der Waals surface area (Å²) < 4.78 is 5.57. The highest BCUT2D eigenvalue weighted by molar-refractivity contribution is 7.99. The summed E-state index contributed by atoms with van der Waals surface area (Å²) in [5.74, 6) is 0.541. The van der Waals surface area contributed by atoms with Crippen molar-refractivity contribution < 1.29 is 9.21 Å². The summed E-state index contributed by atoms with van der Waals surface area (Å²) in [7, 11) is 0. The number of hydrogen-bond donors (Lipinski definition) is 1. The molecule has 0 unspecified atom stereocenters. The number of thioether (sulfide) groups is 1. The standard InChI is InChI=1S/C18H16ClN3O2S/c1-12(13-7-9-15(19)10-8-13)20-16(23)11-25-18-22-21-17(24-18)14-5-3-2-4-6-14/h2-10,12H,11H2,1H3,(H,20,23)/t12-/m1/s1. The highest BCUT2D eigenvalue weighted by atomic mass is 35.5. The number of halogens is 1. The van der Waals surface area contributed by atoms with Crippen LogP contribution in [-0.2, 0) is 4.79 Å². The molecule has 1 atom stereocenters. The van der Waals surface area contributed by atoms with Gasteiger partial charge in [0.15, 0.2) is 0 Å². The van der Waals surface area contributed by atoms with E-state index in [1.54, 1.807) is 12.1 Å². The van der Waals surface area contributed by atoms with Gasteiger partial charge in [-0.15, -0.1) is 10.2 Å². The van der Waals surface area contributed by atoms with Crippen molar-refractivity contribution in [3.8, 4) is 11.5 Å². The molecule has 128 valence electrons. The minimum absolute atomic E-state index is 0.104. The van der Waals surface area contributed by atoms with Gasteiger partial charge < -0.3 is 9.73 Å². The fourth-order valence-electron chi connectivity index (χ4n) is 2.21. The Hall–Kier alpha value is -2.31. The molecular weight excluding hydrogens is 358 g/mol. The Bertz CT molecular complexity index is 837. The molecule has 3 aromatic rings. The van der Waals surface area contributed by atoms with Gasteiger partial charge in [0, 0.05) is 10.6 Å². The Kier molecular flexibility index (Phi) is 5.73. The van der Waals surface area contributed by atoms with Gasteiger partial charge in [0.05, 0.1) is 11.8 Å². The summed E-state index contributed by atoms with van der Waals surface area (Å²) in [4.78, 5) is 12.1. The maximum Gasteiger partial charge on any atom is 0.277 e. The highest BCUT2D eigenvalue weighted by Crippen LogP contribution is 2.23. The van der Waals surface area contributed by atoms with Crippen molar-refractivity contribution >= 4 is 29.3 Å². The molecule has 0 fully saturated rings. The van der Waals surface area contributed by atoms with Gasteiger partial charge in [0.25, 0.3) is 5.22 Å². The van der Waals surface area contributed by atoms with Crippen molar-refractivity contribution in [1.29, 1.82) is 0 Å². The van der Waals surface area contributed by atoms with Gasteiger partial charge >= 0.3 is 0 Å². The Balaban J connectivity index is 1.52. The summed E-state index contributed by atoms with van der Waals surface area (Å²) in [5.41, 5.74) is 1.84. The van der Waals surface area contributed by atoms with Gasteiger partial charge in [-0.1, -0.05) is 53.7 Å². The first-order valence-corrected chi connectivity index (χ1v) is 9.05. The number of hydrogen-bond acceptors (Lipinski definition) is 5. The molecule has 2 aromatic carbocycles. The van der Waals surface area contributed by atoms with Crippen molar-refractivity contribution in [1.82, 2.24) is 15.5 Å². The van der Waals surface area contributed by atoms with Crippen LogP contribution >= 0.6 is 23.4 Å². The number of carbonyl (C=O) groups excluding carboxylic acids is 1. The Morgan fingerprint density at radius 3 is 2.60 bits per heavy atom. The van der Waals surface area contributed by atoms with Gasteiger partial charge in [-0.2, -0.15) is 0 Å². The number of nitrogens with zero attached hydrogens (tertiary/aromatic N) is 2. The van der Waals surface area contributed by atoms with Crippen molar-refractivity contribution in [3.05, 3.63) is 65.2 Å². The Labute approximate surface area is 154 Å². The van der Waals surface area contributed by atoms with Crippen LogP contribution in [0.25, 0.3) is 11.5 Å². The second-order valence-corrected chi connectivity index (χ2v) is 6.73. The summed E-state index contributed by atoms with van der Waals surface area (Å²) in [5, 5.41) is 11.9. The molecule has 1 N–H and O–H groups in total. The van der Waals surface area contributed by atoms with Crippen molar-refractivity contribution in [2.75, 3.05) is 5.75 Å². The van der Waals surface area contributed by atoms with E-state index in [4.69, 9.17) is 16.0 Å². The van der Waals surface area contributed by atoms with Crippen LogP contribution in [0.2, 0.25) is 5.02 Å². The van der Waals surface area contributed by atoms with E-state index in [2.05, 4.69) is 15.5 Å². The second-order valence-electron chi connectivity index (χ2n) is 5.37. The predicted molar refractivity (Wildman–Crippen MR) is 98.5 cm³/mol. The fraction of sp³-hybridized carbons (Fsp3) is 0.167. The lowest BCUT2D eigenvalue weighted by molar-refractivity contribution is -0.119. The number of amides is 1. The number of carbonyl (C=O) groups is 1. The molecular formula is C18H16ClN3O2S. The van der Waals surface area contributed by atoms with E-state index >= 15 is 0 Å². The number of aromatic nitrogens is 2. The van der Waals surface area contributed by atoms with E-state index < -0.39 is 0 Å². The van der Waals surface area contributed by atoms with Crippen LogP contribution in [0.5, 0.6) is 0 Å². The number of benzene rings is 2. The van der Waals surface area contributed by atoms with E-state index in [1.807, 2.05) is 49.4 Å². The first-order valence-electron chi connectivity index (χ1n) is 7.68. The largest absolute Gasteiger partial charge is 0.411 e. The lowest BCUT2D eigenvalue weighted by Crippen LogP contribution is -2.28. The van der Waals surface area contributed by atoms with E-state index in [0.29, 0.717) is 16.1 Å². The minimum Gasteiger partial charge on any atom is -0.411 e. The first kappa shape index (κ1) is 17.5. The van der Waals surface area contributed by atoms with Crippen LogP contribution in [0.3, 0.4) is 0 Å². The Morgan fingerprint density at radius 2 is 1.88 bits per heavy atom. The molecule has 5 nitrogen and oxygen atoms in total. The number of nitrogens with one attached hydrogen (secondary N) is 1. The van der Waals surface area contributed by atoms with Crippen molar-refractivity contribution in [2.24, 2.45) is 0 Å². The molecule has 0 aliphatic rings. The van der Waals surface area contributed by atoms with Crippen LogP contribution in [0.15, 0.2) is 64.2 Å². The van der Waals surface area contributed by atoms with E-state index in [9.17, 15) is 4.79 Å². The fourth-order valence-corrected chi connectivity index (χ4v) is 2.91. The second kappa shape index (κ2) is 8.18. The molecule has 3 rings (SSSR count). The van der Waals surface area contributed by atoms with Crippen LogP contribution in [0.4, 0.5) is 0 Å². The zero-order valence-corrected chi connectivity index (χ0v) is 15.1. The third-order valence-electron chi connectivity index (χ3n) is 3.50. The van der Waals surface area contributed by atoms with Gasteiger partial charge in [0.1, 0.15) is 0 Å². The average molecular weight is 374 g/mol. The lowest BCUT2D eigenvalue weighted by atomic mass is 10.1. The van der Waals surface area contributed by atoms with Crippen molar-refractivity contribution in [2.45, 2.75) is 18.2 Å². The summed E-state index contributed by atoms with van der Waals surface area (Å²) in [6.07, 6.45) is 0. The molecule has 0 radical (unpaired) electrons. The normalized spacial score (nSPS) is 11.9. The van der Waals surface area contributed by atoms with Gasteiger partial charge in [-0.25, -0.2) is 0 Å². The van der Waals surface area contributed by atoms with Crippen LogP contribution < -0.4 is 5.32 Å². The average Bonchev–Trinajstić information content (AvgIpc) is 3.10. The summed E-state index contributed by atoms with van der Waals surface area (Å²) in [6.45, 7) is 1.92. The molecule has 0 saturated carbocycles. The lowest BCUT2D eigenvalue weighted by Gasteiger charge is -2.13. The molecule has 0 spiro atoms. The maximum atomic E-state index is 12.1. The van der Waals surface area contributed by atoms with Gasteiger partial charge in [0.2, 0.25) is 11.8 Å². The number of rotatable bonds is 6. The van der Waals surface area contributed by atoms with Crippen LogP contribution in [-0.4, -0.2) is 21.9 Å². The molecule has 7 heteroatoms. The zero-order chi connectivity index (χ0) is 17.6. The quantitative estimate of drug-likeness (QED) is 0.650. The van der Waals surface area contributed by atoms with Gasteiger partial charge in [-0.3, -0.25) is 4.79 Å². The molecule has 1 amide bonds. The van der Waals surface area contributed by atoms with E-state index in [-0.39, 0.29) is 17.7 Å². The minimum atomic E-state index is -0.105. The molecule has 0 saturated heterocycles. The smallest absolute Gasteiger partial charge is 0.277 e. The molecule has 25 heavy (non-hydrogen) atoms. The summed E-state index contributed by atoms with van der Waals surface area (Å²) >= 11 is 7.08. The maximum absolute atomic E-state index is 12.1. The zero-order valence-electron chi connectivity index (χ0n) is 13.5. The molecule has 0 bridgehead atoms. The molecule has 1 heterocycles. The highest BCUT2D eigenvalue weighted by Gasteiger charge is 2.13.